The second-order valence-corrected chi connectivity index (χ2v) is 6.25. The molecule has 6 nitrogen and oxygen atoms in total. The number of amides is 2. The molecule has 0 spiro atoms. The molecule has 1 aliphatic heterocycles. The molecule has 2 aromatic carbocycles. The minimum Gasteiger partial charge on any atom is -0.489 e. The first-order chi connectivity index (χ1) is 13.2. The van der Waals surface area contributed by atoms with Crippen molar-refractivity contribution in [1.82, 2.24) is 10.9 Å². The topological polar surface area (TPSA) is 70.7 Å². The lowest BCUT2D eigenvalue weighted by Gasteiger charge is -2.30. The smallest absolute Gasteiger partial charge is 0.273 e. The Morgan fingerprint density at radius 2 is 1.89 bits per heavy atom. The third-order valence-corrected chi connectivity index (χ3v) is 4.34. The van der Waals surface area contributed by atoms with Gasteiger partial charge in [-0.15, -0.1) is 0 Å². The fourth-order valence-electron chi connectivity index (χ4n) is 3.11. The number of carbonyl (C=O) groups is 2. The van der Waals surface area contributed by atoms with Crippen molar-refractivity contribution in [1.29, 1.82) is 0 Å². The lowest BCUT2D eigenvalue weighted by molar-refractivity contribution is -0.120. The van der Waals surface area contributed by atoms with Crippen LogP contribution >= 0.6 is 0 Å². The molecule has 0 atom stereocenters. The van der Waals surface area contributed by atoms with E-state index < -0.39 is 5.91 Å². The minimum atomic E-state index is -0.429. The molecule has 0 bridgehead atoms. The minimum absolute atomic E-state index is 0.186. The van der Waals surface area contributed by atoms with Crippen molar-refractivity contribution >= 4 is 17.5 Å². The van der Waals surface area contributed by atoms with Crippen molar-refractivity contribution in [3.05, 3.63) is 72.3 Å². The molecule has 1 aliphatic rings. The van der Waals surface area contributed by atoms with Gasteiger partial charge in [-0.1, -0.05) is 43.0 Å². The molecule has 0 fully saturated rings. The van der Waals surface area contributed by atoms with E-state index in [1.54, 1.807) is 30.3 Å². The Balaban J connectivity index is 1.57. The Hall–Kier alpha value is -3.28. The first-order valence-electron chi connectivity index (χ1n) is 8.94. The third-order valence-electron chi connectivity index (χ3n) is 4.34. The van der Waals surface area contributed by atoms with E-state index in [2.05, 4.69) is 23.5 Å². The SMILES string of the molecule is C=CCOc1ccccc1C(=O)NNC(=O)CN1CCCc2ccccc21. The van der Waals surface area contributed by atoms with E-state index in [0.717, 1.165) is 25.1 Å². The summed E-state index contributed by atoms with van der Waals surface area (Å²) in [5.74, 6) is -0.263. The fourth-order valence-corrected chi connectivity index (χ4v) is 3.11. The van der Waals surface area contributed by atoms with E-state index in [0.29, 0.717) is 17.9 Å². The van der Waals surface area contributed by atoms with Crippen LogP contribution < -0.4 is 20.5 Å². The molecular formula is C21H23N3O3. The average molecular weight is 365 g/mol. The van der Waals surface area contributed by atoms with Crippen molar-refractivity contribution in [2.75, 3.05) is 24.6 Å². The molecule has 27 heavy (non-hydrogen) atoms. The average Bonchev–Trinajstić information content (AvgIpc) is 2.71. The number of hydrogen-bond donors (Lipinski definition) is 2. The highest BCUT2D eigenvalue weighted by atomic mass is 16.5. The van der Waals surface area contributed by atoms with Crippen LogP contribution in [0.1, 0.15) is 22.3 Å². The number of hydrogen-bond acceptors (Lipinski definition) is 4. The van der Waals surface area contributed by atoms with Gasteiger partial charge in [-0.2, -0.15) is 0 Å². The zero-order valence-corrected chi connectivity index (χ0v) is 15.1. The Morgan fingerprint density at radius 1 is 1.11 bits per heavy atom. The number of carbonyl (C=O) groups excluding carboxylic acids is 2. The van der Waals surface area contributed by atoms with Gasteiger partial charge >= 0.3 is 0 Å². The highest BCUT2D eigenvalue weighted by Crippen LogP contribution is 2.26. The van der Waals surface area contributed by atoms with Crippen LogP contribution in [0.15, 0.2) is 61.2 Å². The number of fused-ring (bicyclic) bond motifs is 1. The van der Waals surface area contributed by atoms with Gasteiger partial charge in [0.05, 0.1) is 12.1 Å². The van der Waals surface area contributed by atoms with Gasteiger partial charge in [0.15, 0.2) is 0 Å². The highest BCUT2D eigenvalue weighted by molar-refractivity contribution is 5.98. The Morgan fingerprint density at radius 3 is 2.74 bits per heavy atom. The van der Waals surface area contributed by atoms with Crippen LogP contribution in [0.3, 0.4) is 0 Å². The summed E-state index contributed by atoms with van der Waals surface area (Å²) in [5, 5.41) is 0. The van der Waals surface area contributed by atoms with E-state index in [-0.39, 0.29) is 12.5 Å². The van der Waals surface area contributed by atoms with Crippen molar-refractivity contribution in [3.63, 3.8) is 0 Å². The zero-order valence-electron chi connectivity index (χ0n) is 15.1. The molecule has 1 heterocycles. The van der Waals surface area contributed by atoms with Gasteiger partial charge in [0, 0.05) is 12.2 Å². The van der Waals surface area contributed by atoms with Gasteiger partial charge in [-0.25, -0.2) is 0 Å². The summed E-state index contributed by atoms with van der Waals surface area (Å²) < 4.78 is 5.47. The van der Waals surface area contributed by atoms with Crippen molar-refractivity contribution in [2.24, 2.45) is 0 Å². The monoisotopic (exact) mass is 365 g/mol. The number of para-hydroxylation sites is 2. The molecule has 0 radical (unpaired) electrons. The first-order valence-corrected chi connectivity index (χ1v) is 8.94. The normalized spacial score (nSPS) is 12.7. The summed E-state index contributed by atoms with van der Waals surface area (Å²) in [6, 6.07) is 14.9. The number of rotatable bonds is 6. The summed E-state index contributed by atoms with van der Waals surface area (Å²) in [6.07, 6.45) is 3.63. The third kappa shape index (κ3) is 4.67. The van der Waals surface area contributed by atoms with Crippen LogP contribution in [-0.4, -0.2) is 31.5 Å². The Kier molecular flexibility index (Phi) is 6.10. The van der Waals surface area contributed by atoms with E-state index in [9.17, 15) is 9.59 Å². The number of hydrazine groups is 1. The number of benzene rings is 2. The number of anilines is 1. The van der Waals surface area contributed by atoms with Gasteiger partial charge in [0.2, 0.25) is 0 Å². The van der Waals surface area contributed by atoms with Crippen LogP contribution in [0.4, 0.5) is 5.69 Å². The van der Waals surface area contributed by atoms with Gasteiger partial charge < -0.3 is 9.64 Å². The van der Waals surface area contributed by atoms with E-state index in [1.807, 2.05) is 23.1 Å². The quantitative estimate of drug-likeness (QED) is 0.609. The molecule has 0 aliphatic carbocycles. The molecule has 0 aromatic heterocycles. The molecule has 140 valence electrons. The second kappa shape index (κ2) is 8.89. The number of nitrogens with zero attached hydrogens (tertiary/aromatic N) is 1. The largest absolute Gasteiger partial charge is 0.489 e. The molecular weight excluding hydrogens is 342 g/mol. The lowest BCUT2D eigenvalue weighted by atomic mass is 10.0. The first kappa shape index (κ1) is 18.5. The van der Waals surface area contributed by atoms with E-state index in [1.165, 1.54) is 5.56 Å². The molecule has 2 aromatic rings. The maximum Gasteiger partial charge on any atom is 0.273 e. The fraction of sp³-hybridized carbons (Fsp3) is 0.238. The van der Waals surface area contributed by atoms with E-state index >= 15 is 0 Å². The molecule has 0 saturated carbocycles. The number of nitrogens with one attached hydrogen (secondary N) is 2. The Labute approximate surface area is 158 Å². The predicted octanol–water partition coefficient (Wildman–Crippen LogP) is 2.47. The maximum absolute atomic E-state index is 12.4. The standard InChI is InChI=1S/C21H23N3O3/c1-2-14-27-19-12-6-4-10-17(19)21(26)23-22-20(25)15-24-13-7-9-16-8-3-5-11-18(16)24/h2-6,8,10-12H,1,7,9,13-15H2,(H,22,25)(H,23,26). The van der Waals surface area contributed by atoms with Crippen LogP contribution in [-0.2, 0) is 11.2 Å². The molecule has 3 rings (SSSR count). The van der Waals surface area contributed by atoms with Gasteiger partial charge in [0.1, 0.15) is 12.4 Å². The summed E-state index contributed by atoms with van der Waals surface area (Å²) in [6.45, 7) is 4.89. The highest BCUT2D eigenvalue weighted by Gasteiger charge is 2.19. The second-order valence-electron chi connectivity index (χ2n) is 6.25. The van der Waals surface area contributed by atoms with Gasteiger partial charge in [-0.05, 0) is 36.6 Å². The summed E-state index contributed by atoms with van der Waals surface area (Å²) in [4.78, 5) is 26.7. The van der Waals surface area contributed by atoms with Crippen LogP contribution in [0.2, 0.25) is 0 Å². The van der Waals surface area contributed by atoms with Crippen molar-refractivity contribution < 1.29 is 14.3 Å². The van der Waals surface area contributed by atoms with Crippen LogP contribution in [0.25, 0.3) is 0 Å². The molecule has 0 saturated heterocycles. The van der Waals surface area contributed by atoms with Gasteiger partial charge in [-0.3, -0.25) is 20.4 Å². The maximum atomic E-state index is 12.4. The number of aryl methyl sites for hydroxylation is 1. The lowest BCUT2D eigenvalue weighted by Crippen LogP contribution is -2.47. The molecule has 2 amide bonds. The summed E-state index contributed by atoms with van der Waals surface area (Å²) in [5.41, 5.74) is 7.62. The molecule has 0 unspecified atom stereocenters. The predicted molar refractivity (Wildman–Crippen MR) is 105 cm³/mol. The molecule has 2 N–H and O–H groups in total. The molecule has 6 heteroatoms. The number of ether oxygens (including phenoxy) is 1. The van der Waals surface area contributed by atoms with E-state index in [4.69, 9.17) is 4.74 Å². The summed E-state index contributed by atoms with van der Waals surface area (Å²) >= 11 is 0. The van der Waals surface area contributed by atoms with Crippen LogP contribution in [0.5, 0.6) is 5.75 Å². The summed E-state index contributed by atoms with van der Waals surface area (Å²) in [7, 11) is 0. The van der Waals surface area contributed by atoms with Crippen molar-refractivity contribution in [2.45, 2.75) is 12.8 Å². The van der Waals surface area contributed by atoms with Gasteiger partial charge in [0.25, 0.3) is 11.8 Å². The van der Waals surface area contributed by atoms with Crippen LogP contribution in [0, 0.1) is 0 Å². The zero-order chi connectivity index (χ0) is 19.1. The van der Waals surface area contributed by atoms with Crippen molar-refractivity contribution in [3.8, 4) is 5.75 Å². The Bertz CT molecular complexity index is 835.